The maximum Gasteiger partial charge on any atom is 0.129 e. The third-order valence-electron chi connectivity index (χ3n) is 5.82. The minimum Gasteiger partial charge on any atom is -0.496 e. The number of pyridine rings is 1. The van der Waals surface area contributed by atoms with E-state index < -0.39 is 0 Å². The lowest BCUT2D eigenvalue weighted by molar-refractivity contribution is 0.371. The van der Waals surface area contributed by atoms with Crippen molar-refractivity contribution >= 4 is 24.8 Å². The SMILES string of the molecule is COc1ccncc1-c1ccc(CCC2NCCc3c(OC)ccc(OC)c32)cc1.Cl.Cl. The molecule has 2 heterocycles. The van der Waals surface area contributed by atoms with E-state index in [4.69, 9.17) is 14.2 Å². The van der Waals surface area contributed by atoms with Gasteiger partial charge in [0.05, 0.1) is 21.3 Å². The monoisotopic (exact) mass is 476 g/mol. The summed E-state index contributed by atoms with van der Waals surface area (Å²) in [6.45, 7) is 0.945. The maximum absolute atomic E-state index is 5.67. The molecule has 32 heavy (non-hydrogen) atoms. The molecule has 1 aliphatic rings. The molecule has 1 aromatic heterocycles. The highest BCUT2D eigenvalue weighted by molar-refractivity contribution is 5.85. The van der Waals surface area contributed by atoms with Crippen LogP contribution >= 0.6 is 24.8 Å². The van der Waals surface area contributed by atoms with Gasteiger partial charge in [-0.2, -0.15) is 0 Å². The third-order valence-corrected chi connectivity index (χ3v) is 5.82. The molecule has 1 unspecified atom stereocenters. The normalized spacial score (nSPS) is 14.4. The lowest BCUT2D eigenvalue weighted by atomic mass is 9.89. The number of aromatic nitrogens is 1. The summed E-state index contributed by atoms with van der Waals surface area (Å²) in [5, 5.41) is 3.66. The Balaban J connectivity index is 0.00000181. The molecule has 1 atom stereocenters. The van der Waals surface area contributed by atoms with Gasteiger partial charge in [0.25, 0.3) is 0 Å². The van der Waals surface area contributed by atoms with E-state index in [-0.39, 0.29) is 30.9 Å². The predicted octanol–water partition coefficient (Wildman–Crippen LogP) is 5.44. The zero-order chi connectivity index (χ0) is 20.9. The van der Waals surface area contributed by atoms with Crippen molar-refractivity contribution in [2.24, 2.45) is 0 Å². The number of nitrogens with one attached hydrogen (secondary N) is 1. The van der Waals surface area contributed by atoms with Crippen LogP contribution in [0.4, 0.5) is 0 Å². The molecule has 0 saturated heterocycles. The van der Waals surface area contributed by atoms with Crippen LogP contribution < -0.4 is 19.5 Å². The molecule has 1 aliphatic heterocycles. The molecule has 0 amide bonds. The number of fused-ring (bicyclic) bond motifs is 1. The molecule has 0 spiro atoms. The number of hydrogen-bond donors (Lipinski definition) is 1. The van der Waals surface area contributed by atoms with E-state index in [0.29, 0.717) is 0 Å². The quantitative estimate of drug-likeness (QED) is 0.491. The minimum atomic E-state index is 0. The first kappa shape index (κ1) is 25.8. The zero-order valence-corrected chi connectivity index (χ0v) is 20.2. The molecule has 3 aromatic rings. The van der Waals surface area contributed by atoms with Crippen molar-refractivity contribution in [3.8, 4) is 28.4 Å². The average Bonchev–Trinajstić information content (AvgIpc) is 2.82. The van der Waals surface area contributed by atoms with Crippen LogP contribution in [0.25, 0.3) is 11.1 Å². The summed E-state index contributed by atoms with van der Waals surface area (Å²) in [4.78, 5) is 4.23. The summed E-state index contributed by atoms with van der Waals surface area (Å²) in [6, 6.07) is 14.8. The van der Waals surface area contributed by atoms with Gasteiger partial charge in [0.15, 0.2) is 0 Å². The van der Waals surface area contributed by atoms with Crippen molar-refractivity contribution in [3.63, 3.8) is 0 Å². The molecule has 0 saturated carbocycles. The van der Waals surface area contributed by atoms with Crippen molar-refractivity contribution < 1.29 is 14.2 Å². The van der Waals surface area contributed by atoms with Gasteiger partial charge in [-0.05, 0) is 55.1 Å². The minimum absolute atomic E-state index is 0. The zero-order valence-electron chi connectivity index (χ0n) is 18.6. The molecule has 7 heteroatoms. The fraction of sp³-hybridized carbons (Fsp3) is 0.320. The molecule has 0 bridgehead atoms. The summed E-state index contributed by atoms with van der Waals surface area (Å²) < 4.78 is 16.7. The highest BCUT2D eigenvalue weighted by Crippen LogP contribution is 2.39. The molecule has 4 rings (SSSR count). The first-order chi connectivity index (χ1) is 14.7. The second-order valence-electron chi connectivity index (χ2n) is 7.43. The molecule has 2 aromatic carbocycles. The van der Waals surface area contributed by atoms with Crippen molar-refractivity contribution in [2.75, 3.05) is 27.9 Å². The second-order valence-corrected chi connectivity index (χ2v) is 7.43. The van der Waals surface area contributed by atoms with Crippen LogP contribution in [0.2, 0.25) is 0 Å². The lowest BCUT2D eigenvalue weighted by Crippen LogP contribution is -2.31. The van der Waals surface area contributed by atoms with Crippen LogP contribution in [0.3, 0.4) is 0 Å². The smallest absolute Gasteiger partial charge is 0.129 e. The Hall–Kier alpha value is -2.47. The van der Waals surface area contributed by atoms with E-state index in [0.717, 1.165) is 54.2 Å². The Morgan fingerprint density at radius 3 is 2.25 bits per heavy atom. The standard InChI is InChI=1S/C25H28N2O3.2ClH/c1-28-22-10-11-24(30-3)25-19(22)12-15-27-21(25)9-6-17-4-7-18(8-5-17)20-16-26-14-13-23(20)29-2;;/h4-5,7-8,10-11,13-14,16,21,27H,6,9,12,15H2,1-3H3;2*1H. The van der Waals surface area contributed by atoms with Crippen molar-refractivity contribution in [2.45, 2.75) is 25.3 Å². The van der Waals surface area contributed by atoms with Crippen molar-refractivity contribution in [1.29, 1.82) is 0 Å². The molecule has 0 fully saturated rings. The number of aryl methyl sites for hydroxylation is 1. The predicted molar refractivity (Wildman–Crippen MR) is 133 cm³/mol. The van der Waals surface area contributed by atoms with E-state index >= 15 is 0 Å². The Labute approximate surface area is 202 Å². The fourth-order valence-corrected chi connectivity index (χ4v) is 4.29. The molecule has 172 valence electrons. The van der Waals surface area contributed by atoms with Crippen molar-refractivity contribution in [1.82, 2.24) is 10.3 Å². The maximum atomic E-state index is 5.67. The fourth-order valence-electron chi connectivity index (χ4n) is 4.29. The molecule has 0 aliphatic carbocycles. The summed E-state index contributed by atoms with van der Waals surface area (Å²) in [5.41, 5.74) is 5.92. The van der Waals surface area contributed by atoms with Crippen molar-refractivity contribution in [3.05, 3.63) is 71.5 Å². The van der Waals surface area contributed by atoms with E-state index in [1.807, 2.05) is 24.4 Å². The number of halogens is 2. The number of hydrogen-bond acceptors (Lipinski definition) is 5. The van der Waals surface area contributed by atoms with Gasteiger partial charge in [0, 0.05) is 35.1 Å². The van der Waals surface area contributed by atoms with Crippen LogP contribution in [-0.4, -0.2) is 32.9 Å². The number of nitrogens with zero attached hydrogens (tertiary/aromatic N) is 1. The van der Waals surface area contributed by atoms with E-state index in [9.17, 15) is 0 Å². The summed E-state index contributed by atoms with van der Waals surface area (Å²) in [5.74, 6) is 2.72. The molecular weight excluding hydrogens is 447 g/mol. The molecule has 0 radical (unpaired) electrons. The van der Waals surface area contributed by atoms with Crippen LogP contribution in [0.15, 0.2) is 54.9 Å². The topological polar surface area (TPSA) is 52.6 Å². The third kappa shape index (κ3) is 5.29. The Morgan fingerprint density at radius 2 is 1.56 bits per heavy atom. The van der Waals surface area contributed by atoms with Gasteiger partial charge in [-0.1, -0.05) is 24.3 Å². The van der Waals surface area contributed by atoms with Gasteiger partial charge >= 0.3 is 0 Å². The summed E-state index contributed by atoms with van der Waals surface area (Å²) >= 11 is 0. The van der Waals surface area contributed by atoms with Crippen LogP contribution in [-0.2, 0) is 12.8 Å². The van der Waals surface area contributed by atoms with Gasteiger partial charge in [-0.15, -0.1) is 24.8 Å². The van der Waals surface area contributed by atoms with Gasteiger partial charge in [-0.25, -0.2) is 0 Å². The molecular formula is C25H30Cl2N2O3. The Kier molecular flexibility index (Phi) is 9.63. The highest BCUT2D eigenvalue weighted by Gasteiger charge is 2.26. The van der Waals surface area contributed by atoms with Crippen LogP contribution in [0.1, 0.15) is 29.2 Å². The highest BCUT2D eigenvalue weighted by atomic mass is 35.5. The lowest BCUT2D eigenvalue weighted by Gasteiger charge is -2.30. The van der Waals surface area contributed by atoms with Gasteiger partial charge in [0.1, 0.15) is 17.2 Å². The number of ether oxygens (including phenoxy) is 3. The van der Waals surface area contributed by atoms with Crippen LogP contribution in [0.5, 0.6) is 17.2 Å². The van der Waals surface area contributed by atoms with E-state index in [1.54, 1.807) is 27.5 Å². The van der Waals surface area contributed by atoms with Gasteiger partial charge in [0.2, 0.25) is 0 Å². The first-order valence-corrected chi connectivity index (χ1v) is 10.3. The first-order valence-electron chi connectivity index (χ1n) is 10.3. The van der Waals surface area contributed by atoms with E-state index in [2.05, 4.69) is 34.6 Å². The molecule has 1 N–H and O–H groups in total. The number of rotatable bonds is 7. The number of methoxy groups -OCH3 is 3. The summed E-state index contributed by atoms with van der Waals surface area (Å²) in [7, 11) is 5.16. The van der Waals surface area contributed by atoms with E-state index in [1.165, 1.54) is 16.7 Å². The second kappa shape index (κ2) is 12.0. The Morgan fingerprint density at radius 1 is 0.875 bits per heavy atom. The average molecular weight is 477 g/mol. The largest absolute Gasteiger partial charge is 0.496 e. The number of benzene rings is 2. The van der Waals surface area contributed by atoms with Crippen LogP contribution in [0, 0.1) is 0 Å². The van der Waals surface area contributed by atoms with Gasteiger partial charge in [-0.3, -0.25) is 4.98 Å². The Bertz CT molecular complexity index is 1010. The summed E-state index contributed by atoms with van der Waals surface area (Å²) in [6.07, 6.45) is 6.51. The molecule has 5 nitrogen and oxygen atoms in total. The van der Waals surface area contributed by atoms with Gasteiger partial charge < -0.3 is 19.5 Å².